The fourth-order valence-corrected chi connectivity index (χ4v) is 4.83. The van der Waals surface area contributed by atoms with Gasteiger partial charge in [-0.3, -0.25) is 4.98 Å². The highest BCUT2D eigenvalue weighted by atomic mass is 16.3. The number of rotatable bonds is 2. The molecule has 3 aromatic heterocycles. The Hall–Kier alpha value is -4.37. The van der Waals surface area contributed by atoms with E-state index in [-0.39, 0.29) is 0 Å². The average Bonchev–Trinajstić information content (AvgIpc) is 3.40. The van der Waals surface area contributed by atoms with Gasteiger partial charge in [0.25, 0.3) is 0 Å². The Morgan fingerprint density at radius 2 is 1.19 bits per heavy atom. The summed E-state index contributed by atoms with van der Waals surface area (Å²) < 4.78 is 8.51. The molecule has 150 valence electrons. The van der Waals surface area contributed by atoms with Crippen LogP contribution in [-0.2, 0) is 0 Å². The van der Waals surface area contributed by atoms with Crippen molar-refractivity contribution in [1.82, 2.24) is 9.55 Å². The molecular formula is C29H18N2O. The normalized spacial score (nSPS) is 11.8. The molecule has 4 aromatic carbocycles. The molecule has 0 bridgehead atoms. The molecule has 0 aliphatic carbocycles. The maximum absolute atomic E-state index is 6.19. The summed E-state index contributed by atoms with van der Waals surface area (Å²) in [4.78, 5) is 4.66. The topological polar surface area (TPSA) is 31.0 Å². The van der Waals surface area contributed by atoms with Gasteiger partial charge in [0, 0.05) is 39.0 Å². The minimum atomic E-state index is 0.832. The van der Waals surface area contributed by atoms with E-state index >= 15 is 0 Å². The molecular weight excluding hydrogens is 392 g/mol. The van der Waals surface area contributed by atoms with Crippen molar-refractivity contribution in [2.45, 2.75) is 0 Å². The van der Waals surface area contributed by atoms with Crippen molar-refractivity contribution in [2.75, 3.05) is 0 Å². The molecule has 0 atom stereocenters. The molecule has 0 fully saturated rings. The Kier molecular flexibility index (Phi) is 3.55. The fourth-order valence-electron chi connectivity index (χ4n) is 4.83. The Morgan fingerprint density at radius 3 is 1.91 bits per heavy atom. The van der Waals surface area contributed by atoms with Crippen molar-refractivity contribution in [3.63, 3.8) is 0 Å². The van der Waals surface area contributed by atoms with Crippen LogP contribution < -0.4 is 0 Å². The molecule has 0 saturated heterocycles. The second kappa shape index (κ2) is 6.56. The molecule has 3 nitrogen and oxygen atoms in total. The summed E-state index contributed by atoms with van der Waals surface area (Å²) in [5.41, 5.74) is 7.17. The molecule has 32 heavy (non-hydrogen) atoms. The van der Waals surface area contributed by atoms with Crippen molar-refractivity contribution in [3.8, 4) is 16.9 Å². The van der Waals surface area contributed by atoms with Crippen molar-refractivity contribution in [1.29, 1.82) is 0 Å². The van der Waals surface area contributed by atoms with E-state index in [0.717, 1.165) is 38.9 Å². The molecule has 0 radical (unpaired) electrons. The zero-order valence-electron chi connectivity index (χ0n) is 17.2. The van der Waals surface area contributed by atoms with Crippen LogP contribution in [0.2, 0.25) is 0 Å². The van der Waals surface area contributed by atoms with Gasteiger partial charge in [0.2, 0.25) is 0 Å². The number of nitrogens with zero attached hydrogens (tertiary/aromatic N) is 2. The van der Waals surface area contributed by atoms with Crippen LogP contribution in [-0.4, -0.2) is 9.55 Å². The van der Waals surface area contributed by atoms with E-state index in [1.165, 1.54) is 21.8 Å². The summed E-state index contributed by atoms with van der Waals surface area (Å²) in [5.74, 6) is 0. The lowest BCUT2D eigenvalue weighted by Gasteiger charge is -2.09. The molecule has 0 amide bonds. The first-order valence-corrected chi connectivity index (χ1v) is 10.7. The third-order valence-electron chi connectivity index (χ3n) is 6.27. The fraction of sp³-hybridized carbons (Fsp3) is 0. The summed E-state index contributed by atoms with van der Waals surface area (Å²) >= 11 is 0. The van der Waals surface area contributed by atoms with Gasteiger partial charge in [-0.1, -0.05) is 66.7 Å². The van der Waals surface area contributed by atoms with Crippen LogP contribution in [0.5, 0.6) is 0 Å². The predicted octanol–water partition coefficient (Wildman–Crippen LogP) is 7.75. The maximum Gasteiger partial charge on any atom is 0.161 e. The van der Waals surface area contributed by atoms with Gasteiger partial charge in [-0.05, 0) is 36.4 Å². The number of pyridine rings is 1. The Bertz CT molecular complexity index is 1720. The monoisotopic (exact) mass is 410 g/mol. The molecule has 7 aromatic rings. The number of hydrogen-bond acceptors (Lipinski definition) is 2. The van der Waals surface area contributed by atoms with Crippen molar-refractivity contribution >= 4 is 43.7 Å². The van der Waals surface area contributed by atoms with Gasteiger partial charge in [0.15, 0.2) is 5.58 Å². The van der Waals surface area contributed by atoms with Crippen molar-refractivity contribution < 1.29 is 4.42 Å². The molecule has 3 heterocycles. The maximum atomic E-state index is 6.19. The lowest BCUT2D eigenvalue weighted by atomic mass is 10.1. The Labute approximate surface area is 184 Å². The first-order chi connectivity index (χ1) is 15.9. The first kappa shape index (κ1) is 17.3. The van der Waals surface area contributed by atoms with E-state index < -0.39 is 0 Å². The van der Waals surface area contributed by atoms with Gasteiger partial charge in [0.05, 0.1) is 11.0 Å². The zero-order valence-corrected chi connectivity index (χ0v) is 17.2. The SMILES string of the molecule is c1ccc2c(c1)oc1c(-c3ccc(-n4c5ccccc5c5ccccc54)cc3)nccc12. The van der Waals surface area contributed by atoms with Crippen LogP contribution in [0.25, 0.3) is 60.7 Å². The van der Waals surface area contributed by atoms with E-state index in [9.17, 15) is 0 Å². The number of para-hydroxylation sites is 3. The molecule has 7 rings (SSSR count). The summed E-state index contributed by atoms with van der Waals surface area (Å²) in [6.07, 6.45) is 1.86. The van der Waals surface area contributed by atoms with Crippen LogP contribution in [0.3, 0.4) is 0 Å². The van der Waals surface area contributed by atoms with E-state index in [4.69, 9.17) is 4.42 Å². The lowest BCUT2D eigenvalue weighted by Crippen LogP contribution is -1.94. The third-order valence-corrected chi connectivity index (χ3v) is 6.27. The van der Waals surface area contributed by atoms with Gasteiger partial charge in [0.1, 0.15) is 11.3 Å². The largest absolute Gasteiger partial charge is 0.454 e. The highest BCUT2D eigenvalue weighted by Crippen LogP contribution is 2.36. The Morgan fingerprint density at radius 1 is 0.562 bits per heavy atom. The second-order valence-electron chi connectivity index (χ2n) is 8.05. The highest BCUT2D eigenvalue weighted by molar-refractivity contribution is 6.10. The summed E-state index contributed by atoms with van der Waals surface area (Å²) in [6.45, 7) is 0. The molecule has 0 aliphatic heterocycles. The smallest absolute Gasteiger partial charge is 0.161 e. The van der Waals surface area contributed by atoms with Crippen LogP contribution in [0.1, 0.15) is 0 Å². The first-order valence-electron chi connectivity index (χ1n) is 10.7. The van der Waals surface area contributed by atoms with E-state index in [0.29, 0.717) is 0 Å². The van der Waals surface area contributed by atoms with Gasteiger partial charge >= 0.3 is 0 Å². The van der Waals surface area contributed by atoms with Gasteiger partial charge in [-0.15, -0.1) is 0 Å². The van der Waals surface area contributed by atoms with Crippen LogP contribution >= 0.6 is 0 Å². The third kappa shape index (κ3) is 2.39. The van der Waals surface area contributed by atoms with Crippen LogP contribution in [0.4, 0.5) is 0 Å². The number of aromatic nitrogens is 2. The summed E-state index contributed by atoms with van der Waals surface area (Å²) in [5, 5.41) is 4.74. The minimum Gasteiger partial charge on any atom is -0.454 e. The molecule has 0 N–H and O–H groups in total. The molecule has 0 aliphatic rings. The molecule has 0 saturated carbocycles. The van der Waals surface area contributed by atoms with Gasteiger partial charge in [-0.25, -0.2) is 0 Å². The number of furan rings is 1. The quantitative estimate of drug-likeness (QED) is 0.292. The molecule has 0 spiro atoms. The summed E-state index contributed by atoms with van der Waals surface area (Å²) in [6, 6.07) is 35.9. The molecule has 3 heteroatoms. The second-order valence-corrected chi connectivity index (χ2v) is 8.05. The lowest BCUT2D eigenvalue weighted by molar-refractivity contribution is 0.668. The molecule has 0 unspecified atom stereocenters. The number of benzene rings is 4. The van der Waals surface area contributed by atoms with Crippen LogP contribution in [0, 0.1) is 0 Å². The zero-order chi connectivity index (χ0) is 21.1. The van der Waals surface area contributed by atoms with E-state index in [2.05, 4.69) is 88.4 Å². The number of fused-ring (bicyclic) bond motifs is 6. The summed E-state index contributed by atoms with van der Waals surface area (Å²) in [7, 11) is 0. The highest BCUT2D eigenvalue weighted by Gasteiger charge is 2.14. The van der Waals surface area contributed by atoms with Gasteiger partial charge < -0.3 is 8.98 Å². The average molecular weight is 410 g/mol. The van der Waals surface area contributed by atoms with E-state index in [1.54, 1.807) is 0 Å². The Balaban J connectivity index is 1.42. The predicted molar refractivity (Wildman–Crippen MR) is 131 cm³/mol. The van der Waals surface area contributed by atoms with E-state index in [1.807, 2.05) is 30.5 Å². The van der Waals surface area contributed by atoms with Gasteiger partial charge in [-0.2, -0.15) is 0 Å². The van der Waals surface area contributed by atoms with Crippen LogP contribution in [0.15, 0.2) is 114 Å². The minimum absolute atomic E-state index is 0.832. The number of hydrogen-bond donors (Lipinski definition) is 0. The van der Waals surface area contributed by atoms with Crippen molar-refractivity contribution in [3.05, 3.63) is 109 Å². The van der Waals surface area contributed by atoms with Crippen molar-refractivity contribution in [2.24, 2.45) is 0 Å². The standard InChI is InChI=1S/C29H18N2O/c1-4-10-25-21(7-1)22-8-2-5-11-26(22)31(25)20-15-13-19(14-16-20)28-29-24(17-18-30-28)23-9-3-6-12-27(23)32-29/h1-18H.